The van der Waals surface area contributed by atoms with Crippen LogP contribution in [-0.2, 0) is 4.74 Å². The molecule has 0 amide bonds. The van der Waals surface area contributed by atoms with Crippen molar-refractivity contribution >= 4 is 50.9 Å². The third-order valence-corrected chi connectivity index (χ3v) is 7.74. The summed E-state index contributed by atoms with van der Waals surface area (Å²) >= 11 is 16.0. The molecule has 13 heteroatoms. The van der Waals surface area contributed by atoms with Crippen molar-refractivity contribution in [2.75, 3.05) is 6.61 Å². The zero-order chi connectivity index (χ0) is 23.9. The maximum Gasteiger partial charge on any atom is 0.145 e. The van der Waals surface area contributed by atoms with Crippen molar-refractivity contribution in [3.05, 3.63) is 63.1 Å². The molecule has 3 aromatic rings. The van der Waals surface area contributed by atoms with Gasteiger partial charge in [0, 0.05) is 22.9 Å². The molecule has 0 saturated carbocycles. The van der Waals surface area contributed by atoms with Crippen molar-refractivity contribution in [3.63, 3.8) is 0 Å². The zero-order valence-electron chi connectivity index (χ0n) is 16.4. The van der Waals surface area contributed by atoms with E-state index < -0.39 is 53.1 Å². The van der Waals surface area contributed by atoms with Gasteiger partial charge in [-0.15, -0.1) is 0 Å². The number of pyridine rings is 1. The van der Waals surface area contributed by atoms with Crippen LogP contribution < -0.4 is 0 Å². The number of aliphatic hydroxyl groups is 3. The molecule has 0 unspecified atom stereocenters. The minimum Gasteiger partial charge on any atom is -0.394 e. The van der Waals surface area contributed by atoms with E-state index in [2.05, 4.69) is 26.0 Å². The fourth-order valence-electron chi connectivity index (χ4n) is 3.46. The van der Waals surface area contributed by atoms with Crippen molar-refractivity contribution in [3.8, 4) is 11.1 Å². The van der Waals surface area contributed by atoms with Crippen LogP contribution in [0.4, 0.5) is 8.78 Å². The standard InChI is InChI=1S/C20H16BrCl2F2N3O4S/c21-19-14(3-10(22)5-26-19)33-20-18(31)16(17(30)13(7-29)32-20)28-6-9(4-27-28)8-1-11(24)15(23)12(25)2-8/h1-6,13,16-18,20,29-31H,7H2/t13-,16+,17+,18-,20-/m1/s1. The Morgan fingerprint density at radius 1 is 1.09 bits per heavy atom. The van der Waals surface area contributed by atoms with Gasteiger partial charge in [-0.25, -0.2) is 13.8 Å². The molecule has 176 valence electrons. The van der Waals surface area contributed by atoms with Crippen molar-refractivity contribution in [1.82, 2.24) is 14.8 Å². The summed E-state index contributed by atoms with van der Waals surface area (Å²) in [5, 5.41) is 35.4. The molecule has 1 aromatic carbocycles. The normalized spacial score (nSPS) is 25.4. The van der Waals surface area contributed by atoms with Gasteiger partial charge in [0.05, 0.1) is 17.8 Å². The Bertz CT molecular complexity index is 1150. The Kier molecular flexibility index (Phi) is 7.61. The lowest BCUT2D eigenvalue weighted by molar-refractivity contribution is -0.178. The van der Waals surface area contributed by atoms with Gasteiger partial charge in [-0.3, -0.25) is 4.68 Å². The first-order valence-electron chi connectivity index (χ1n) is 9.48. The SMILES string of the molecule is OC[C@H]1O[C@H](Sc2cc(Cl)cnc2Br)[C@H](O)[C@@H](n2cc(-c3cc(F)c(Cl)c(F)c3)cn2)[C@H]1O. The van der Waals surface area contributed by atoms with Gasteiger partial charge in [-0.2, -0.15) is 5.10 Å². The number of aromatic nitrogens is 3. The first kappa shape index (κ1) is 24.8. The zero-order valence-corrected chi connectivity index (χ0v) is 20.4. The molecule has 3 heterocycles. The molecule has 0 bridgehead atoms. The van der Waals surface area contributed by atoms with Gasteiger partial charge < -0.3 is 20.1 Å². The Morgan fingerprint density at radius 2 is 1.79 bits per heavy atom. The average molecular weight is 583 g/mol. The van der Waals surface area contributed by atoms with E-state index in [0.717, 1.165) is 23.9 Å². The fraction of sp³-hybridized carbons (Fsp3) is 0.300. The van der Waals surface area contributed by atoms with Gasteiger partial charge in [0.15, 0.2) is 0 Å². The third kappa shape index (κ3) is 5.06. The van der Waals surface area contributed by atoms with Crippen molar-refractivity contribution in [1.29, 1.82) is 0 Å². The number of aliphatic hydroxyl groups excluding tert-OH is 3. The first-order valence-corrected chi connectivity index (χ1v) is 11.9. The lowest BCUT2D eigenvalue weighted by Gasteiger charge is -2.42. The molecule has 0 aliphatic carbocycles. The first-order chi connectivity index (χ1) is 15.7. The molecule has 1 aliphatic rings. The van der Waals surface area contributed by atoms with E-state index in [0.29, 0.717) is 20.1 Å². The van der Waals surface area contributed by atoms with E-state index in [1.54, 1.807) is 6.07 Å². The highest BCUT2D eigenvalue weighted by atomic mass is 79.9. The molecular formula is C20H16BrCl2F2N3O4S. The van der Waals surface area contributed by atoms with E-state index in [9.17, 15) is 24.1 Å². The predicted octanol–water partition coefficient (Wildman–Crippen LogP) is 4.07. The third-order valence-electron chi connectivity index (χ3n) is 5.09. The number of rotatable bonds is 5. The molecular weight excluding hydrogens is 567 g/mol. The van der Waals surface area contributed by atoms with Crippen LogP contribution in [0.2, 0.25) is 10.0 Å². The number of benzene rings is 1. The van der Waals surface area contributed by atoms with Crippen molar-refractivity contribution in [2.24, 2.45) is 0 Å². The maximum atomic E-state index is 13.9. The quantitative estimate of drug-likeness (QED) is 0.308. The topological polar surface area (TPSA) is 101 Å². The average Bonchev–Trinajstić information content (AvgIpc) is 3.26. The maximum absolute atomic E-state index is 13.9. The van der Waals surface area contributed by atoms with E-state index in [1.165, 1.54) is 23.3 Å². The van der Waals surface area contributed by atoms with Crippen molar-refractivity contribution in [2.45, 2.75) is 34.7 Å². The van der Waals surface area contributed by atoms with Gasteiger partial charge in [0.2, 0.25) is 0 Å². The molecule has 3 N–H and O–H groups in total. The van der Waals surface area contributed by atoms with Gasteiger partial charge in [0.1, 0.15) is 51.1 Å². The van der Waals surface area contributed by atoms with Crippen LogP contribution in [0.3, 0.4) is 0 Å². The Labute approximate surface area is 209 Å². The van der Waals surface area contributed by atoms with Crippen molar-refractivity contribution < 1.29 is 28.8 Å². The summed E-state index contributed by atoms with van der Waals surface area (Å²) in [6.07, 6.45) is 0.575. The van der Waals surface area contributed by atoms with Crippen LogP contribution in [0.15, 0.2) is 46.3 Å². The number of hydrogen-bond acceptors (Lipinski definition) is 7. The fourth-order valence-corrected chi connectivity index (χ4v) is 5.38. The molecule has 4 rings (SSSR count). The van der Waals surface area contributed by atoms with Crippen LogP contribution in [0, 0.1) is 11.6 Å². The molecule has 7 nitrogen and oxygen atoms in total. The second-order valence-electron chi connectivity index (χ2n) is 7.22. The monoisotopic (exact) mass is 581 g/mol. The Balaban J connectivity index is 1.65. The molecule has 1 aliphatic heterocycles. The highest BCUT2D eigenvalue weighted by molar-refractivity contribution is 9.10. The second-order valence-corrected chi connectivity index (χ2v) is 9.93. The minimum absolute atomic E-state index is 0.176. The van der Waals surface area contributed by atoms with Crippen LogP contribution in [-0.4, -0.2) is 60.4 Å². The van der Waals surface area contributed by atoms with E-state index in [-0.39, 0.29) is 5.56 Å². The Morgan fingerprint density at radius 3 is 2.45 bits per heavy atom. The Hall–Kier alpha value is -1.31. The summed E-state index contributed by atoms with van der Waals surface area (Å²) in [6, 6.07) is 2.71. The van der Waals surface area contributed by atoms with Crippen LogP contribution >= 0.6 is 50.9 Å². The molecule has 1 saturated heterocycles. The number of thioether (sulfide) groups is 1. The summed E-state index contributed by atoms with van der Waals surface area (Å²) in [7, 11) is 0. The lowest BCUT2D eigenvalue weighted by Crippen LogP contribution is -2.55. The van der Waals surface area contributed by atoms with E-state index >= 15 is 0 Å². The number of ether oxygens (including phenoxy) is 1. The summed E-state index contributed by atoms with van der Waals surface area (Å²) in [5.41, 5.74) is -0.415. The summed E-state index contributed by atoms with van der Waals surface area (Å²) in [4.78, 5) is 4.67. The van der Waals surface area contributed by atoms with E-state index in [1.807, 2.05) is 0 Å². The number of halogens is 5. The van der Waals surface area contributed by atoms with E-state index in [4.69, 9.17) is 27.9 Å². The van der Waals surface area contributed by atoms with Gasteiger partial charge in [-0.05, 0) is 39.7 Å². The van der Waals surface area contributed by atoms with Crippen LogP contribution in [0.5, 0.6) is 0 Å². The summed E-state index contributed by atoms with van der Waals surface area (Å²) < 4.78 is 35.2. The molecule has 5 atom stereocenters. The van der Waals surface area contributed by atoms with Gasteiger partial charge in [0.25, 0.3) is 0 Å². The van der Waals surface area contributed by atoms with Gasteiger partial charge in [-0.1, -0.05) is 35.0 Å². The van der Waals surface area contributed by atoms with Crippen LogP contribution in [0.25, 0.3) is 11.1 Å². The summed E-state index contributed by atoms with van der Waals surface area (Å²) in [6.45, 7) is -0.516. The van der Waals surface area contributed by atoms with Crippen LogP contribution in [0.1, 0.15) is 6.04 Å². The number of hydrogen-bond donors (Lipinski definition) is 3. The highest BCUT2D eigenvalue weighted by Crippen LogP contribution is 2.40. The predicted molar refractivity (Wildman–Crippen MR) is 122 cm³/mol. The molecule has 0 spiro atoms. The molecule has 2 aromatic heterocycles. The number of nitrogens with zero attached hydrogens (tertiary/aromatic N) is 3. The smallest absolute Gasteiger partial charge is 0.145 e. The largest absolute Gasteiger partial charge is 0.394 e. The molecule has 33 heavy (non-hydrogen) atoms. The summed E-state index contributed by atoms with van der Waals surface area (Å²) in [5.74, 6) is -1.86. The lowest BCUT2D eigenvalue weighted by atomic mass is 9.97. The van der Waals surface area contributed by atoms with Gasteiger partial charge >= 0.3 is 0 Å². The second kappa shape index (κ2) is 10.1. The molecule has 0 radical (unpaired) electrons. The molecule has 1 fully saturated rings. The minimum atomic E-state index is -1.32. The highest BCUT2D eigenvalue weighted by Gasteiger charge is 2.46.